The van der Waals surface area contributed by atoms with Crippen LogP contribution in [-0.4, -0.2) is 48.0 Å². The number of benzene rings is 1. The lowest BCUT2D eigenvalue weighted by atomic mass is 9.91. The molecule has 0 unspecified atom stereocenters. The molecule has 1 heterocycles. The van der Waals surface area contributed by atoms with Gasteiger partial charge in [-0.1, -0.05) is 5.16 Å². The Balaban J connectivity index is 1.43. The molecule has 3 fully saturated rings. The van der Waals surface area contributed by atoms with Gasteiger partial charge in [-0.3, -0.25) is 4.90 Å². The van der Waals surface area contributed by atoms with Crippen molar-refractivity contribution in [3.8, 4) is 0 Å². The van der Waals surface area contributed by atoms with Crippen molar-refractivity contribution in [1.29, 1.82) is 0 Å². The number of hydrogen-bond donors (Lipinski definition) is 1. The standard InChI is InChI=1S/C17H22FN3O/c18-14-3-5-15(6-4-14)20-7-9-21(10-8-20)17-13-2-1-12(11-13)16(17)19-22/h3-6,12-13,17,22H,1-2,7-11H2/b19-16+/t12-,13-,17-/m0/s1. The first-order chi connectivity index (χ1) is 10.8. The van der Waals surface area contributed by atoms with Crippen molar-refractivity contribution in [2.45, 2.75) is 25.3 Å². The molecule has 2 saturated carbocycles. The average molecular weight is 303 g/mol. The fourth-order valence-corrected chi connectivity index (χ4v) is 4.59. The monoisotopic (exact) mass is 303 g/mol. The molecular formula is C17H22FN3O. The van der Waals surface area contributed by atoms with Crippen LogP contribution < -0.4 is 4.90 Å². The van der Waals surface area contributed by atoms with Gasteiger partial charge in [0, 0.05) is 37.8 Å². The van der Waals surface area contributed by atoms with Gasteiger partial charge in [0.15, 0.2) is 0 Å². The van der Waals surface area contributed by atoms with Gasteiger partial charge in [0.05, 0.1) is 11.8 Å². The molecule has 22 heavy (non-hydrogen) atoms. The van der Waals surface area contributed by atoms with Crippen LogP contribution in [-0.2, 0) is 0 Å². The minimum atomic E-state index is -0.187. The normalized spacial score (nSPS) is 33.8. The molecule has 3 aliphatic rings. The third-order valence-corrected chi connectivity index (χ3v) is 5.66. The molecule has 1 N–H and O–H groups in total. The summed E-state index contributed by atoms with van der Waals surface area (Å²) in [6.45, 7) is 3.84. The Morgan fingerprint density at radius 1 is 1.05 bits per heavy atom. The molecule has 1 saturated heterocycles. The van der Waals surface area contributed by atoms with E-state index in [0.717, 1.165) is 37.6 Å². The maximum atomic E-state index is 13.0. The van der Waals surface area contributed by atoms with Gasteiger partial charge in [-0.2, -0.15) is 0 Å². The molecule has 118 valence electrons. The first-order valence-electron chi connectivity index (χ1n) is 8.22. The van der Waals surface area contributed by atoms with Crippen molar-refractivity contribution in [1.82, 2.24) is 4.90 Å². The number of fused-ring (bicyclic) bond motifs is 2. The van der Waals surface area contributed by atoms with Crippen LogP contribution in [0.5, 0.6) is 0 Å². The van der Waals surface area contributed by atoms with Crippen molar-refractivity contribution in [3.05, 3.63) is 30.1 Å². The van der Waals surface area contributed by atoms with Gasteiger partial charge < -0.3 is 10.1 Å². The lowest BCUT2D eigenvalue weighted by Crippen LogP contribution is -2.54. The zero-order valence-electron chi connectivity index (χ0n) is 12.7. The van der Waals surface area contributed by atoms with Crippen molar-refractivity contribution in [3.63, 3.8) is 0 Å². The van der Waals surface area contributed by atoms with Gasteiger partial charge in [0.2, 0.25) is 0 Å². The van der Waals surface area contributed by atoms with E-state index < -0.39 is 0 Å². The zero-order valence-corrected chi connectivity index (χ0v) is 12.7. The maximum absolute atomic E-state index is 13.0. The van der Waals surface area contributed by atoms with Crippen LogP contribution in [0.15, 0.2) is 29.4 Å². The lowest BCUT2D eigenvalue weighted by molar-refractivity contribution is 0.181. The molecule has 0 amide bonds. The van der Waals surface area contributed by atoms with Gasteiger partial charge in [0.25, 0.3) is 0 Å². The lowest BCUT2D eigenvalue weighted by Gasteiger charge is -2.41. The number of anilines is 1. The van der Waals surface area contributed by atoms with Gasteiger partial charge in [0.1, 0.15) is 5.82 Å². The summed E-state index contributed by atoms with van der Waals surface area (Å²) in [5, 5.41) is 13.0. The van der Waals surface area contributed by atoms with E-state index in [9.17, 15) is 9.60 Å². The summed E-state index contributed by atoms with van der Waals surface area (Å²) in [5.41, 5.74) is 2.11. The van der Waals surface area contributed by atoms with Crippen LogP contribution in [0.2, 0.25) is 0 Å². The highest BCUT2D eigenvalue weighted by atomic mass is 19.1. The van der Waals surface area contributed by atoms with Crippen molar-refractivity contribution in [2.75, 3.05) is 31.1 Å². The zero-order chi connectivity index (χ0) is 15.1. The van der Waals surface area contributed by atoms with Crippen molar-refractivity contribution in [2.24, 2.45) is 17.0 Å². The highest BCUT2D eigenvalue weighted by Crippen LogP contribution is 2.45. The van der Waals surface area contributed by atoms with E-state index in [-0.39, 0.29) is 5.82 Å². The molecule has 1 aromatic carbocycles. The largest absolute Gasteiger partial charge is 0.411 e. The number of nitrogens with zero attached hydrogens (tertiary/aromatic N) is 3. The summed E-state index contributed by atoms with van der Waals surface area (Å²) < 4.78 is 13.0. The Labute approximate surface area is 130 Å². The summed E-state index contributed by atoms with van der Waals surface area (Å²) >= 11 is 0. The Kier molecular flexibility index (Phi) is 3.53. The summed E-state index contributed by atoms with van der Waals surface area (Å²) in [5.74, 6) is 0.997. The molecule has 2 aliphatic carbocycles. The Hall–Kier alpha value is -1.62. The summed E-state index contributed by atoms with van der Waals surface area (Å²) in [6.07, 6.45) is 3.66. The van der Waals surface area contributed by atoms with E-state index in [4.69, 9.17) is 0 Å². The van der Waals surface area contributed by atoms with Crippen molar-refractivity contribution >= 4 is 11.4 Å². The fraction of sp³-hybridized carbons (Fsp3) is 0.588. The minimum absolute atomic E-state index is 0.187. The van der Waals surface area contributed by atoms with Gasteiger partial charge in [-0.15, -0.1) is 0 Å². The third kappa shape index (κ3) is 2.28. The predicted molar refractivity (Wildman–Crippen MR) is 84.0 cm³/mol. The minimum Gasteiger partial charge on any atom is -0.411 e. The quantitative estimate of drug-likeness (QED) is 0.674. The van der Waals surface area contributed by atoms with E-state index in [1.807, 2.05) is 12.1 Å². The van der Waals surface area contributed by atoms with Crippen molar-refractivity contribution < 1.29 is 9.60 Å². The summed E-state index contributed by atoms with van der Waals surface area (Å²) in [7, 11) is 0. The van der Waals surface area contributed by atoms with Crippen LogP contribution in [0.3, 0.4) is 0 Å². The highest BCUT2D eigenvalue weighted by Gasteiger charge is 2.48. The summed E-state index contributed by atoms with van der Waals surface area (Å²) in [4.78, 5) is 4.79. The van der Waals surface area contributed by atoms with E-state index in [0.29, 0.717) is 17.9 Å². The van der Waals surface area contributed by atoms with E-state index >= 15 is 0 Å². The topological polar surface area (TPSA) is 39.1 Å². The fourth-order valence-electron chi connectivity index (χ4n) is 4.59. The molecule has 4 nitrogen and oxygen atoms in total. The number of halogens is 1. The van der Waals surface area contributed by atoms with Crippen LogP contribution in [0, 0.1) is 17.7 Å². The first kappa shape index (κ1) is 14.0. The summed E-state index contributed by atoms with van der Waals surface area (Å²) in [6, 6.07) is 7.09. The SMILES string of the molecule is O/N=C1\[C@H]2CC[C@@H](C2)[C@@H]1N1CCN(c2ccc(F)cc2)CC1. The molecule has 0 aromatic heterocycles. The number of rotatable bonds is 2. The smallest absolute Gasteiger partial charge is 0.123 e. The van der Waals surface area contributed by atoms with E-state index in [1.165, 1.54) is 31.4 Å². The van der Waals surface area contributed by atoms with E-state index in [2.05, 4.69) is 15.0 Å². The van der Waals surface area contributed by atoms with Crippen LogP contribution >= 0.6 is 0 Å². The van der Waals surface area contributed by atoms with Crippen LogP contribution in [0.25, 0.3) is 0 Å². The predicted octanol–water partition coefficient (Wildman–Crippen LogP) is 2.58. The van der Waals surface area contributed by atoms with E-state index in [1.54, 1.807) is 0 Å². The Morgan fingerprint density at radius 2 is 1.77 bits per heavy atom. The second kappa shape index (κ2) is 5.54. The maximum Gasteiger partial charge on any atom is 0.123 e. The molecule has 1 aromatic rings. The molecular weight excluding hydrogens is 281 g/mol. The third-order valence-electron chi connectivity index (χ3n) is 5.66. The molecule has 3 atom stereocenters. The Morgan fingerprint density at radius 3 is 2.45 bits per heavy atom. The molecule has 0 radical (unpaired) electrons. The van der Waals surface area contributed by atoms with Crippen LogP contribution in [0.1, 0.15) is 19.3 Å². The van der Waals surface area contributed by atoms with Gasteiger partial charge in [-0.25, -0.2) is 4.39 Å². The molecule has 1 aliphatic heterocycles. The van der Waals surface area contributed by atoms with Gasteiger partial charge in [-0.05, 0) is 49.4 Å². The first-order valence-corrected chi connectivity index (χ1v) is 8.22. The average Bonchev–Trinajstić information content (AvgIpc) is 3.16. The molecule has 0 spiro atoms. The second-order valence-electron chi connectivity index (χ2n) is 6.74. The molecule has 4 rings (SSSR count). The molecule has 2 bridgehead atoms. The number of piperazine rings is 1. The van der Waals surface area contributed by atoms with Gasteiger partial charge >= 0.3 is 0 Å². The second-order valence-corrected chi connectivity index (χ2v) is 6.74. The Bertz CT molecular complexity index is 566. The number of hydrogen-bond acceptors (Lipinski definition) is 4. The molecule has 5 heteroatoms. The van der Waals surface area contributed by atoms with Crippen LogP contribution in [0.4, 0.5) is 10.1 Å². The number of oxime groups is 1. The highest BCUT2D eigenvalue weighted by molar-refractivity contribution is 5.94.